The molecule has 4 fully saturated rings. The van der Waals surface area contributed by atoms with Crippen LogP contribution in [-0.2, 0) is 26.2 Å². The first-order chi connectivity index (χ1) is 27.2. The summed E-state index contributed by atoms with van der Waals surface area (Å²) in [5, 5.41) is 20.7. The van der Waals surface area contributed by atoms with Crippen molar-refractivity contribution in [2.45, 2.75) is 89.6 Å². The number of hydrogen-bond acceptors (Lipinski definition) is 10. The van der Waals surface area contributed by atoms with Gasteiger partial charge in [0.05, 0.1) is 46.7 Å². The van der Waals surface area contributed by atoms with E-state index in [1.54, 1.807) is 34.8 Å². The number of ether oxygens (including phenoxy) is 1. The van der Waals surface area contributed by atoms with Gasteiger partial charge in [-0.1, -0.05) is 17.7 Å². The minimum absolute atomic E-state index is 0. The Morgan fingerprint density at radius 2 is 1.81 bits per heavy atom. The van der Waals surface area contributed by atoms with Crippen molar-refractivity contribution < 1.29 is 23.9 Å². The maximum atomic E-state index is 13.6. The van der Waals surface area contributed by atoms with Crippen LogP contribution in [-0.4, -0.2) is 122 Å². The van der Waals surface area contributed by atoms with E-state index in [0.29, 0.717) is 45.4 Å². The number of piperazine rings is 1. The van der Waals surface area contributed by atoms with E-state index in [-0.39, 0.29) is 78.9 Å². The topological polar surface area (TPSA) is 159 Å². The second-order valence-electron chi connectivity index (χ2n) is 16.0. The second-order valence-corrected chi connectivity index (χ2v) is 16.8. The monoisotopic (exact) mass is 852 g/mol. The van der Waals surface area contributed by atoms with E-state index in [1.165, 1.54) is 4.90 Å². The summed E-state index contributed by atoms with van der Waals surface area (Å²) in [6, 6.07) is 12.4. The highest BCUT2D eigenvalue weighted by atomic mass is 35.5. The average Bonchev–Trinajstić information content (AvgIpc) is 3.58. The summed E-state index contributed by atoms with van der Waals surface area (Å²) in [4.78, 5) is 61.0. The summed E-state index contributed by atoms with van der Waals surface area (Å²) in [6.07, 6.45) is 3.77. The predicted molar refractivity (Wildman–Crippen MR) is 228 cm³/mol. The van der Waals surface area contributed by atoms with Gasteiger partial charge in [0.2, 0.25) is 11.8 Å². The summed E-state index contributed by atoms with van der Waals surface area (Å²) in [6.45, 7) is 11.6. The van der Waals surface area contributed by atoms with Gasteiger partial charge in [-0.15, -0.1) is 12.4 Å². The highest BCUT2D eigenvalue weighted by Gasteiger charge is 2.52. The van der Waals surface area contributed by atoms with Gasteiger partial charge in [-0.3, -0.25) is 44.0 Å². The Balaban J connectivity index is 0.00000567. The molecule has 1 aromatic heterocycles. The molecule has 0 spiro atoms. The first-order valence-electron chi connectivity index (χ1n) is 19.5. The van der Waals surface area contributed by atoms with Gasteiger partial charge in [0.1, 0.15) is 11.6 Å². The zero-order chi connectivity index (χ0) is 40.8. The Morgan fingerprint density at radius 1 is 1.10 bits per heavy atom. The Labute approximate surface area is 354 Å². The van der Waals surface area contributed by atoms with Crippen molar-refractivity contribution in [2.75, 3.05) is 54.4 Å². The van der Waals surface area contributed by atoms with E-state index < -0.39 is 11.6 Å². The maximum Gasteiger partial charge on any atom is 0.329 e. The number of imide groups is 1. The molecular weight excluding hydrogens is 803 g/mol. The summed E-state index contributed by atoms with van der Waals surface area (Å²) >= 11 is 12.2. The molecule has 3 aliphatic heterocycles. The van der Waals surface area contributed by atoms with E-state index >= 15 is 0 Å². The lowest BCUT2D eigenvalue weighted by molar-refractivity contribution is -0.124. The van der Waals surface area contributed by atoms with Crippen molar-refractivity contribution in [1.82, 2.24) is 29.8 Å². The SMILES string of the molecule is C[C@@H]1CN(CCOC2CCC(N3C(=S)N(c4ccc(C#N)c(Cl)c4)C(=O)C3(C)C)CC2)C[C@H](C)N1CC(=O)Nc1cccc2c(N3CCC(=O)NC3=O)nn(C)c12.Cl. The van der Waals surface area contributed by atoms with Crippen molar-refractivity contribution in [3.63, 3.8) is 0 Å². The fraction of sp³-hybridized carbons (Fsp3) is 0.525. The number of nitrogens with one attached hydrogen (secondary N) is 2. The van der Waals surface area contributed by atoms with Crippen LogP contribution in [0.5, 0.6) is 0 Å². The lowest BCUT2D eigenvalue weighted by Crippen LogP contribution is -2.58. The van der Waals surface area contributed by atoms with Crippen molar-refractivity contribution in [3.05, 3.63) is 47.0 Å². The van der Waals surface area contributed by atoms with Gasteiger partial charge < -0.3 is 15.0 Å². The number of thiocarbonyl (C=S) groups is 1. The number of benzene rings is 2. The Bertz CT molecular complexity index is 2140. The molecule has 4 heterocycles. The van der Waals surface area contributed by atoms with Crippen LogP contribution in [0.1, 0.15) is 65.4 Å². The summed E-state index contributed by atoms with van der Waals surface area (Å²) in [7, 11) is 1.77. The molecule has 0 bridgehead atoms. The number of halogens is 2. The number of amides is 5. The molecule has 2 aromatic carbocycles. The van der Waals surface area contributed by atoms with Crippen LogP contribution in [0.2, 0.25) is 5.02 Å². The van der Waals surface area contributed by atoms with Crippen LogP contribution in [0.15, 0.2) is 36.4 Å². The fourth-order valence-corrected chi connectivity index (χ4v) is 9.69. The molecule has 3 saturated heterocycles. The molecule has 0 radical (unpaired) electrons. The maximum absolute atomic E-state index is 13.6. The fourth-order valence-electron chi connectivity index (χ4n) is 8.90. The highest BCUT2D eigenvalue weighted by Crippen LogP contribution is 2.39. The summed E-state index contributed by atoms with van der Waals surface area (Å²) in [5.74, 6) is -0.116. The standard InChI is InChI=1S/C40H49ClN10O5S.ClH/c1-24-21-47(17-18-56-29-13-11-27(12-14-29)51-39(57)50(37(54)40(51,3)4)28-10-9-26(20-42)31(41)19-28)22-25(2)49(24)23-34(53)43-32-8-6-7-30-35(32)46(5)45-36(30)48-16-15-33(52)44-38(48)55;/h6-10,19,24-25,27,29H,11-18,21-23H2,1-5H3,(H,43,53)(H,44,52,55);1H/t24-,25+,27?,29?;. The van der Waals surface area contributed by atoms with Crippen LogP contribution in [0.4, 0.5) is 22.0 Å². The molecule has 7 rings (SSSR count). The smallest absolute Gasteiger partial charge is 0.329 e. The number of fused-ring (bicyclic) bond motifs is 1. The van der Waals surface area contributed by atoms with Crippen LogP contribution < -0.4 is 20.4 Å². The molecule has 5 amide bonds. The predicted octanol–water partition coefficient (Wildman–Crippen LogP) is 5.04. The number of para-hydroxylation sites is 1. The van der Waals surface area contributed by atoms with E-state index in [9.17, 15) is 24.4 Å². The van der Waals surface area contributed by atoms with E-state index in [1.807, 2.05) is 32.0 Å². The molecule has 310 valence electrons. The number of aromatic nitrogens is 2. The number of carbonyl (C=O) groups is 4. The van der Waals surface area contributed by atoms with Crippen LogP contribution in [0.25, 0.3) is 10.9 Å². The zero-order valence-corrected chi connectivity index (χ0v) is 35.8. The zero-order valence-electron chi connectivity index (χ0n) is 33.4. The normalized spacial score (nSPS) is 24.2. The minimum atomic E-state index is -0.818. The van der Waals surface area contributed by atoms with Gasteiger partial charge in [0.25, 0.3) is 5.91 Å². The average molecular weight is 854 g/mol. The minimum Gasteiger partial charge on any atom is -0.377 e. The number of nitrogens with zero attached hydrogens (tertiary/aromatic N) is 8. The number of hydrogen-bond donors (Lipinski definition) is 2. The molecule has 2 atom stereocenters. The molecule has 3 aromatic rings. The van der Waals surface area contributed by atoms with Gasteiger partial charge in [0, 0.05) is 63.2 Å². The third kappa shape index (κ3) is 8.39. The molecule has 4 aliphatic rings. The van der Waals surface area contributed by atoms with E-state index in [0.717, 1.165) is 45.3 Å². The number of rotatable bonds is 10. The van der Waals surface area contributed by atoms with Crippen LogP contribution >= 0.6 is 36.2 Å². The van der Waals surface area contributed by atoms with Gasteiger partial charge in [0.15, 0.2) is 10.9 Å². The lowest BCUT2D eigenvalue weighted by atomic mass is 9.89. The quantitative estimate of drug-likeness (QED) is 0.263. The molecular formula is C40H50Cl2N10O5S. The van der Waals surface area contributed by atoms with Crippen LogP contribution in [0.3, 0.4) is 0 Å². The van der Waals surface area contributed by atoms with Gasteiger partial charge in [-0.05, 0) is 95.9 Å². The number of aryl methyl sites for hydroxylation is 1. The first kappa shape index (κ1) is 43.2. The van der Waals surface area contributed by atoms with Crippen molar-refractivity contribution >= 4 is 93.2 Å². The lowest BCUT2D eigenvalue weighted by Gasteiger charge is -2.44. The molecule has 2 N–H and O–H groups in total. The van der Waals surface area contributed by atoms with Gasteiger partial charge >= 0.3 is 6.03 Å². The third-order valence-electron chi connectivity index (χ3n) is 11.8. The molecule has 1 aliphatic carbocycles. The first-order valence-corrected chi connectivity index (χ1v) is 20.3. The number of nitriles is 1. The largest absolute Gasteiger partial charge is 0.377 e. The van der Waals surface area contributed by atoms with Crippen LogP contribution in [0, 0.1) is 11.3 Å². The number of urea groups is 1. The molecule has 1 saturated carbocycles. The summed E-state index contributed by atoms with van der Waals surface area (Å²) < 4.78 is 8.06. The second kappa shape index (κ2) is 17.5. The molecule has 15 nitrogen and oxygen atoms in total. The van der Waals surface area contributed by atoms with Crippen molar-refractivity contribution in [2.24, 2.45) is 7.05 Å². The Hall–Kier alpha value is -4.37. The van der Waals surface area contributed by atoms with Crippen molar-refractivity contribution in [3.8, 4) is 6.07 Å². The van der Waals surface area contributed by atoms with Gasteiger partial charge in [-0.2, -0.15) is 10.4 Å². The molecule has 0 unspecified atom stereocenters. The highest BCUT2D eigenvalue weighted by molar-refractivity contribution is 7.80. The van der Waals surface area contributed by atoms with E-state index in [2.05, 4.69) is 50.3 Å². The van der Waals surface area contributed by atoms with E-state index in [4.69, 9.17) is 28.6 Å². The third-order valence-corrected chi connectivity index (χ3v) is 12.5. The number of anilines is 3. The van der Waals surface area contributed by atoms with Gasteiger partial charge in [-0.25, -0.2) is 4.79 Å². The summed E-state index contributed by atoms with van der Waals surface area (Å²) in [5.41, 5.74) is 1.39. The molecule has 18 heteroatoms. The number of carbonyl (C=O) groups excluding carboxylic acids is 4. The molecule has 58 heavy (non-hydrogen) atoms. The Morgan fingerprint density at radius 3 is 2.47 bits per heavy atom. The van der Waals surface area contributed by atoms with Crippen molar-refractivity contribution in [1.29, 1.82) is 5.26 Å². The Kier molecular flexibility index (Phi) is 13.0.